The van der Waals surface area contributed by atoms with Gasteiger partial charge in [0.2, 0.25) is 5.95 Å². The second-order valence-electron chi connectivity index (χ2n) is 10.8. The number of ketones is 1. The van der Waals surface area contributed by atoms with Gasteiger partial charge in [0.15, 0.2) is 0 Å². The molecule has 5 nitrogen and oxygen atoms in total. The first kappa shape index (κ1) is 21.7. The van der Waals surface area contributed by atoms with Crippen molar-refractivity contribution in [1.29, 1.82) is 0 Å². The molecule has 2 unspecified atom stereocenters. The first-order chi connectivity index (χ1) is 14.4. The van der Waals surface area contributed by atoms with Crippen LogP contribution >= 0.6 is 0 Å². The van der Waals surface area contributed by atoms with Gasteiger partial charge in [0.1, 0.15) is 5.78 Å². The number of likely N-dealkylation sites (tertiary alicyclic amines) is 1. The standard InChI is InChI=1S/C25H40N4O/c1-17(2)14-28-15-22-9-10-23(16-28)29(22)25-26-12-21(13-27-25)20-7-5-19(6-8-20)11-24(30)18(3)4/h12-13,17-20,22-23H,5-11,14-16H2,1-4H3. The van der Waals surface area contributed by atoms with Crippen molar-refractivity contribution in [2.75, 3.05) is 24.5 Å². The van der Waals surface area contributed by atoms with Gasteiger partial charge in [0.25, 0.3) is 0 Å². The molecule has 2 aliphatic heterocycles. The molecule has 1 aromatic heterocycles. The number of hydrogen-bond donors (Lipinski definition) is 0. The van der Waals surface area contributed by atoms with Crippen LogP contribution in [0, 0.1) is 17.8 Å². The average Bonchev–Trinajstić information content (AvgIpc) is 2.98. The number of Topliss-reactive ketones (excluding diaryl/α,β-unsaturated/α-hetero) is 1. The summed E-state index contributed by atoms with van der Waals surface area (Å²) in [5.74, 6) is 3.40. The number of anilines is 1. The van der Waals surface area contributed by atoms with Crippen molar-refractivity contribution in [3.8, 4) is 0 Å². The van der Waals surface area contributed by atoms with Crippen molar-refractivity contribution >= 4 is 11.7 Å². The molecule has 0 radical (unpaired) electrons. The van der Waals surface area contributed by atoms with Crippen LogP contribution in [0.5, 0.6) is 0 Å². The molecule has 0 amide bonds. The number of hydrogen-bond acceptors (Lipinski definition) is 5. The first-order valence-electron chi connectivity index (χ1n) is 12.3. The Hall–Kier alpha value is -1.49. The van der Waals surface area contributed by atoms with Crippen LogP contribution in [0.3, 0.4) is 0 Å². The lowest BCUT2D eigenvalue weighted by molar-refractivity contribution is -0.123. The molecule has 5 heteroatoms. The van der Waals surface area contributed by atoms with Crippen molar-refractivity contribution in [3.05, 3.63) is 18.0 Å². The molecule has 0 spiro atoms. The minimum atomic E-state index is 0.172. The Bertz CT molecular complexity index is 694. The van der Waals surface area contributed by atoms with Gasteiger partial charge in [0, 0.05) is 56.5 Å². The molecule has 1 aliphatic carbocycles. The van der Waals surface area contributed by atoms with Gasteiger partial charge in [0.05, 0.1) is 0 Å². The van der Waals surface area contributed by atoms with Gasteiger partial charge in [-0.15, -0.1) is 0 Å². The number of carbonyl (C=O) groups is 1. The van der Waals surface area contributed by atoms with Crippen LogP contribution in [-0.2, 0) is 4.79 Å². The summed E-state index contributed by atoms with van der Waals surface area (Å²) in [4.78, 5) is 26.9. The van der Waals surface area contributed by atoms with E-state index in [0.717, 1.165) is 57.1 Å². The van der Waals surface area contributed by atoms with E-state index in [9.17, 15) is 4.79 Å². The normalized spacial score (nSPS) is 29.7. The molecule has 0 aromatic carbocycles. The zero-order valence-electron chi connectivity index (χ0n) is 19.4. The van der Waals surface area contributed by atoms with Gasteiger partial charge in [-0.05, 0) is 61.8 Å². The largest absolute Gasteiger partial charge is 0.332 e. The van der Waals surface area contributed by atoms with Crippen LogP contribution < -0.4 is 4.90 Å². The van der Waals surface area contributed by atoms with Gasteiger partial charge >= 0.3 is 0 Å². The molecular formula is C25H40N4O. The third-order valence-electron chi connectivity index (χ3n) is 7.52. The van der Waals surface area contributed by atoms with E-state index in [1.165, 1.54) is 24.9 Å². The molecule has 3 fully saturated rings. The van der Waals surface area contributed by atoms with E-state index in [0.29, 0.717) is 29.7 Å². The highest BCUT2D eigenvalue weighted by Gasteiger charge is 2.41. The predicted octanol–water partition coefficient (Wildman–Crippen LogP) is 4.67. The molecule has 1 saturated carbocycles. The van der Waals surface area contributed by atoms with Gasteiger partial charge in [-0.25, -0.2) is 9.97 Å². The lowest BCUT2D eigenvalue weighted by Gasteiger charge is -2.41. The second kappa shape index (κ2) is 9.33. The van der Waals surface area contributed by atoms with Gasteiger partial charge in [-0.3, -0.25) is 9.69 Å². The second-order valence-corrected chi connectivity index (χ2v) is 10.8. The van der Waals surface area contributed by atoms with Crippen molar-refractivity contribution in [2.24, 2.45) is 17.8 Å². The molecular weight excluding hydrogens is 372 g/mol. The molecule has 3 aliphatic rings. The molecule has 0 N–H and O–H groups in total. The quantitative estimate of drug-likeness (QED) is 0.651. The van der Waals surface area contributed by atoms with E-state index in [-0.39, 0.29) is 5.92 Å². The summed E-state index contributed by atoms with van der Waals surface area (Å²) >= 11 is 0. The zero-order chi connectivity index (χ0) is 21.3. The minimum Gasteiger partial charge on any atom is -0.332 e. The SMILES string of the molecule is CC(C)CN1CC2CCC(C1)N2c1ncc(C2CCC(CC(=O)C(C)C)CC2)cn1. The number of aromatic nitrogens is 2. The topological polar surface area (TPSA) is 49.3 Å². The third-order valence-corrected chi connectivity index (χ3v) is 7.52. The molecule has 2 saturated heterocycles. The maximum Gasteiger partial charge on any atom is 0.225 e. The van der Waals surface area contributed by atoms with Crippen molar-refractivity contribution in [2.45, 2.75) is 90.6 Å². The summed E-state index contributed by atoms with van der Waals surface area (Å²) in [5, 5.41) is 0. The highest BCUT2D eigenvalue weighted by molar-refractivity contribution is 5.80. The fraction of sp³-hybridized carbons (Fsp3) is 0.800. The number of fused-ring (bicyclic) bond motifs is 2. The van der Waals surface area contributed by atoms with E-state index in [1.54, 1.807) is 0 Å². The number of piperazine rings is 1. The van der Waals surface area contributed by atoms with E-state index < -0.39 is 0 Å². The van der Waals surface area contributed by atoms with Crippen LogP contribution in [0.25, 0.3) is 0 Å². The van der Waals surface area contributed by atoms with Crippen LogP contribution in [0.4, 0.5) is 5.95 Å². The Kier molecular flexibility index (Phi) is 6.76. The number of nitrogens with zero attached hydrogens (tertiary/aromatic N) is 4. The molecule has 3 heterocycles. The Labute approximate surface area is 182 Å². The van der Waals surface area contributed by atoms with Crippen molar-refractivity contribution < 1.29 is 4.79 Å². The lowest BCUT2D eigenvalue weighted by atomic mass is 9.77. The molecule has 2 bridgehead atoms. The Balaban J connectivity index is 1.33. The van der Waals surface area contributed by atoms with E-state index in [4.69, 9.17) is 9.97 Å². The fourth-order valence-corrected chi connectivity index (χ4v) is 5.88. The highest BCUT2D eigenvalue weighted by Crippen LogP contribution is 2.38. The molecule has 2 atom stereocenters. The molecule has 166 valence electrons. The van der Waals surface area contributed by atoms with Gasteiger partial charge < -0.3 is 4.90 Å². The summed E-state index contributed by atoms with van der Waals surface area (Å²) in [7, 11) is 0. The van der Waals surface area contributed by atoms with Gasteiger partial charge in [-0.1, -0.05) is 27.7 Å². The maximum atomic E-state index is 12.1. The molecule has 4 rings (SSSR count). The van der Waals surface area contributed by atoms with E-state index in [1.807, 2.05) is 13.8 Å². The maximum absolute atomic E-state index is 12.1. The summed E-state index contributed by atoms with van der Waals surface area (Å²) in [6.45, 7) is 12.2. The first-order valence-corrected chi connectivity index (χ1v) is 12.3. The van der Waals surface area contributed by atoms with Crippen molar-refractivity contribution in [1.82, 2.24) is 14.9 Å². The summed E-state index contributed by atoms with van der Waals surface area (Å²) in [5.41, 5.74) is 1.29. The highest BCUT2D eigenvalue weighted by atomic mass is 16.1. The number of carbonyl (C=O) groups excluding carboxylic acids is 1. The van der Waals surface area contributed by atoms with E-state index >= 15 is 0 Å². The van der Waals surface area contributed by atoms with Crippen LogP contribution in [0.15, 0.2) is 12.4 Å². The fourth-order valence-electron chi connectivity index (χ4n) is 5.88. The Morgan fingerprint density at radius 2 is 1.57 bits per heavy atom. The lowest BCUT2D eigenvalue weighted by Crippen LogP contribution is -2.55. The zero-order valence-corrected chi connectivity index (χ0v) is 19.4. The van der Waals surface area contributed by atoms with Crippen LogP contribution in [0.1, 0.15) is 84.1 Å². The monoisotopic (exact) mass is 412 g/mol. The van der Waals surface area contributed by atoms with Crippen molar-refractivity contribution in [3.63, 3.8) is 0 Å². The summed E-state index contributed by atoms with van der Waals surface area (Å²) < 4.78 is 0. The average molecular weight is 413 g/mol. The Morgan fingerprint density at radius 3 is 2.10 bits per heavy atom. The molecule has 1 aromatic rings. The summed E-state index contributed by atoms with van der Waals surface area (Å²) in [6.07, 6.45) is 12.1. The van der Waals surface area contributed by atoms with Gasteiger partial charge in [-0.2, -0.15) is 0 Å². The van der Waals surface area contributed by atoms with Crippen LogP contribution in [0.2, 0.25) is 0 Å². The van der Waals surface area contributed by atoms with E-state index in [2.05, 4.69) is 36.0 Å². The minimum absolute atomic E-state index is 0.172. The number of rotatable bonds is 7. The van der Waals surface area contributed by atoms with Crippen LogP contribution in [-0.4, -0.2) is 52.4 Å². The third kappa shape index (κ3) is 4.87. The smallest absolute Gasteiger partial charge is 0.225 e. The summed E-state index contributed by atoms with van der Waals surface area (Å²) in [6, 6.07) is 1.14. The Morgan fingerprint density at radius 1 is 0.967 bits per heavy atom. The molecule has 30 heavy (non-hydrogen) atoms. The predicted molar refractivity (Wildman–Crippen MR) is 122 cm³/mol.